The molecule has 2 aliphatic heterocycles. The molecule has 2 aliphatic rings. The van der Waals surface area contributed by atoms with Crippen molar-refractivity contribution >= 4 is 41.6 Å². The van der Waals surface area contributed by atoms with Crippen LogP contribution in [0.2, 0.25) is 0 Å². The normalized spacial score (nSPS) is 13.9. The number of imide groups is 1. The van der Waals surface area contributed by atoms with Crippen LogP contribution < -0.4 is 10.2 Å². The third kappa shape index (κ3) is 13.3. The maximum atomic E-state index is 13.8. The lowest BCUT2D eigenvalue weighted by molar-refractivity contribution is -0.137. The molecular formula is C40H60N4O5. The number of para-hydroxylation sites is 1. The first-order valence-electron chi connectivity index (χ1n) is 17.7. The Bertz CT molecular complexity index is 1410. The highest BCUT2D eigenvalue weighted by atomic mass is 16.5. The van der Waals surface area contributed by atoms with Gasteiger partial charge in [0, 0.05) is 50.9 Å². The van der Waals surface area contributed by atoms with Crippen molar-refractivity contribution in [1.82, 2.24) is 15.1 Å². The predicted molar refractivity (Wildman–Crippen MR) is 202 cm³/mol. The first kappa shape index (κ1) is 42.8. The van der Waals surface area contributed by atoms with Gasteiger partial charge in [0.1, 0.15) is 0 Å². The maximum absolute atomic E-state index is 13.8. The molecule has 2 heterocycles. The van der Waals surface area contributed by atoms with Crippen LogP contribution in [-0.4, -0.2) is 71.4 Å². The topological polar surface area (TPSA) is 99.3 Å². The summed E-state index contributed by atoms with van der Waals surface area (Å²) in [5, 5.41) is 2.97. The third-order valence-electron chi connectivity index (χ3n) is 7.82. The van der Waals surface area contributed by atoms with Gasteiger partial charge in [-0.15, -0.1) is 0 Å². The number of amides is 5. The van der Waals surface area contributed by atoms with E-state index in [1.165, 1.54) is 12.2 Å². The van der Waals surface area contributed by atoms with Gasteiger partial charge in [0.25, 0.3) is 11.8 Å². The first-order valence-corrected chi connectivity index (χ1v) is 17.7. The van der Waals surface area contributed by atoms with Gasteiger partial charge in [-0.25, -0.2) is 4.79 Å². The predicted octanol–water partition coefficient (Wildman–Crippen LogP) is 8.09. The Hall–Kier alpha value is -4.24. The Morgan fingerprint density at radius 3 is 1.98 bits per heavy atom. The van der Waals surface area contributed by atoms with Gasteiger partial charge in [-0.3, -0.25) is 24.2 Å². The minimum absolute atomic E-state index is 0.0403. The molecule has 0 unspecified atom stereocenters. The molecule has 0 bridgehead atoms. The molecule has 5 amide bonds. The van der Waals surface area contributed by atoms with Crippen molar-refractivity contribution in [1.29, 1.82) is 0 Å². The van der Waals surface area contributed by atoms with Crippen molar-refractivity contribution in [3.63, 3.8) is 0 Å². The summed E-state index contributed by atoms with van der Waals surface area (Å²) >= 11 is 0. The van der Waals surface area contributed by atoms with Gasteiger partial charge in [0.05, 0.1) is 17.8 Å². The molecular weight excluding hydrogens is 616 g/mol. The Kier molecular flexibility index (Phi) is 18.3. The Balaban J connectivity index is 0.00000189. The van der Waals surface area contributed by atoms with Crippen LogP contribution in [0.15, 0.2) is 60.7 Å². The molecule has 1 N–H and O–H groups in total. The van der Waals surface area contributed by atoms with Gasteiger partial charge in [-0.2, -0.15) is 0 Å². The number of fused-ring (bicyclic) bond motifs is 2. The van der Waals surface area contributed by atoms with Gasteiger partial charge < -0.3 is 15.0 Å². The van der Waals surface area contributed by atoms with E-state index in [9.17, 15) is 19.2 Å². The summed E-state index contributed by atoms with van der Waals surface area (Å²) in [7, 11) is 1.82. The van der Waals surface area contributed by atoms with Crippen molar-refractivity contribution < 1.29 is 23.9 Å². The molecule has 0 radical (unpaired) electrons. The minimum atomic E-state index is -0.541. The first-order chi connectivity index (χ1) is 23.3. The SMILES string of the molecule is CC.CC.CC.CN(CCC(C)(C)OCCC(C)(C)NC(=O)CCN1C(=O)C=CC1=O)C(=O)N1Cc2ccccc2/C=C\c2ccccc21. The number of nitrogens with zero attached hydrogens (tertiary/aromatic N) is 3. The number of rotatable bonds is 11. The molecule has 0 aliphatic carbocycles. The van der Waals surface area contributed by atoms with E-state index in [1.54, 1.807) is 4.90 Å². The summed E-state index contributed by atoms with van der Waals surface area (Å²) in [6.07, 6.45) is 7.81. The molecule has 2 aromatic carbocycles. The van der Waals surface area contributed by atoms with Crippen LogP contribution in [0.4, 0.5) is 10.5 Å². The van der Waals surface area contributed by atoms with E-state index in [2.05, 4.69) is 29.6 Å². The van der Waals surface area contributed by atoms with Gasteiger partial charge in [0.2, 0.25) is 5.91 Å². The summed E-state index contributed by atoms with van der Waals surface area (Å²) < 4.78 is 6.21. The number of hydrogen-bond donors (Lipinski definition) is 1. The van der Waals surface area contributed by atoms with Crippen molar-refractivity contribution in [2.45, 2.75) is 106 Å². The minimum Gasteiger partial charge on any atom is -0.375 e. The zero-order valence-corrected chi connectivity index (χ0v) is 31.8. The molecule has 9 nitrogen and oxygen atoms in total. The molecule has 9 heteroatoms. The highest BCUT2D eigenvalue weighted by molar-refractivity contribution is 6.13. The second-order valence-electron chi connectivity index (χ2n) is 12.3. The van der Waals surface area contributed by atoms with Crippen LogP contribution in [0.1, 0.15) is 105 Å². The van der Waals surface area contributed by atoms with E-state index in [4.69, 9.17) is 4.74 Å². The Morgan fingerprint density at radius 2 is 1.35 bits per heavy atom. The number of urea groups is 1. The number of benzene rings is 2. The van der Waals surface area contributed by atoms with E-state index < -0.39 is 23.0 Å². The lowest BCUT2D eigenvalue weighted by atomic mass is 10.00. The average molecular weight is 677 g/mol. The summed E-state index contributed by atoms with van der Waals surface area (Å²) in [6, 6.07) is 16.0. The molecule has 2 aromatic rings. The highest BCUT2D eigenvalue weighted by Gasteiger charge is 2.28. The fraction of sp³-hybridized carbons (Fsp3) is 0.500. The molecule has 0 aromatic heterocycles. The second kappa shape index (κ2) is 21.0. The summed E-state index contributed by atoms with van der Waals surface area (Å²) in [4.78, 5) is 54.3. The number of anilines is 1. The fourth-order valence-corrected chi connectivity index (χ4v) is 5.08. The molecule has 0 spiro atoms. The van der Waals surface area contributed by atoms with Gasteiger partial charge >= 0.3 is 6.03 Å². The molecule has 270 valence electrons. The fourth-order valence-electron chi connectivity index (χ4n) is 5.08. The van der Waals surface area contributed by atoms with E-state index in [1.807, 2.05) is 118 Å². The van der Waals surface area contributed by atoms with Crippen LogP contribution in [0.25, 0.3) is 12.2 Å². The van der Waals surface area contributed by atoms with Gasteiger partial charge in [0.15, 0.2) is 0 Å². The highest BCUT2D eigenvalue weighted by Crippen LogP contribution is 2.30. The molecule has 0 saturated heterocycles. The lowest BCUT2D eigenvalue weighted by Crippen LogP contribution is -2.46. The molecule has 4 rings (SSSR count). The monoisotopic (exact) mass is 676 g/mol. The van der Waals surface area contributed by atoms with E-state index in [-0.39, 0.29) is 24.9 Å². The smallest absolute Gasteiger partial charge is 0.324 e. The van der Waals surface area contributed by atoms with Gasteiger partial charge in [-0.1, -0.05) is 96.2 Å². The second-order valence-corrected chi connectivity index (χ2v) is 12.3. The van der Waals surface area contributed by atoms with E-state index >= 15 is 0 Å². The Labute approximate surface area is 295 Å². The third-order valence-corrected chi connectivity index (χ3v) is 7.82. The van der Waals surface area contributed by atoms with Crippen LogP contribution in [0, 0.1) is 0 Å². The van der Waals surface area contributed by atoms with Crippen LogP contribution in [0.5, 0.6) is 0 Å². The van der Waals surface area contributed by atoms with Crippen molar-refractivity contribution in [3.8, 4) is 0 Å². The standard InChI is InChI=1S/C34H42N4O5.3C2H6/c1-33(2,35-29(39)18-21-37-30(40)16-17-31(37)41)20-23-43-34(3,4)19-22-36(5)32(42)38-24-27-12-7-6-10-25(27)14-15-26-11-8-9-13-28(26)38;3*1-2/h6-17H,18-24H2,1-5H3,(H,35,39);3*1-2H3/b15-14-;;;. The summed E-state index contributed by atoms with van der Waals surface area (Å²) in [6.45, 7) is 21.3. The van der Waals surface area contributed by atoms with Crippen LogP contribution >= 0.6 is 0 Å². The zero-order valence-electron chi connectivity index (χ0n) is 31.8. The number of ether oxygens (including phenoxy) is 1. The zero-order chi connectivity index (χ0) is 37.2. The molecule has 49 heavy (non-hydrogen) atoms. The molecule has 0 fully saturated rings. The van der Waals surface area contributed by atoms with E-state index in [0.29, 0.717) is 32.5 Å². The van der Waals surface area contributed by atoms with Crippen LogP contribution in [-0.2, 0) is 25.7 Å². The average Bonchev–Trinajstić information content (AvgIpc) is 3.41. The van der Waals surface area contributed by atoms with E-state index in [0.717, 1.165) is 27.3 Å². The van der Waals surface area contributed by atoms with Crippen molar-refractivity contribution in [2.24, 2.45) is 0 Å². The van der Waals surface area contributed by atoms with Crippen LogP contribution in [0.3, 0.4) is 0 Å². The number of carbonyl (C=O) groups excluding carboxylic acids is 4. The number of carbonyl (C=O) groups is 4. The van der Waals surface area contributed by atoms with Crippen molar-refractivity contribution in [2.75, 3.05) is 31.6 Å². The Morgan fingerprint density at radius 1 is 0.796 bits per heavy atom. The summed E-state index contributed by atoms with van der Waals surface area (Å²) in [5.74, 6) is -1.02. The summed E-state index contributed by atoms with van der Waals surface area (Å²) in [5.41, 5.74) is 3.01. The number of nitrogens with one attached hydrogen (secondary N) is 1. The molecule has 0 atom stereocenters. The maximum Gasteiger partial charge on any atom is 0.324 e. The number of hydrogen-bond acceptors (Lipinski definition) is 5. The quantitative estimate of drug-likeness (QED) is 0.243. The van der Waals surface area contributed by atoms with Gasteiger partial charge in [-0.05, 0) is 63.3 Å². The molecule has 0 saturated carbocycles. The van der Waals surface area contributed by atoms with Crippen molar-refractivity contribution in [3.05, 3.63) is 77.4 Å². The largest absolute Gasteiger partial charge is 0.375 e. The lowest BCUT2D eigenvalue weighted by Gasteiger charge is -2.34.